The van der Waals surface area contributed by atoms with Crippen LogP contribution in [-0.2, 0) is 5.54 Å². The molecular weight excluding hydrogens is 182 g/mol. The highest BCUT2D eigenvalue weighted by Crippen LogP contribution is 2.20. The van der Waals surface area contributed by atoms with Crippen molar-refractivity contribution in [3.8, 4) is 0 Å². The molecule has 0 bridgehead atoms. The molecule has 1 heterocycles. The van der Waals surface area contributed by atoms with Gasteiger partial charge in [0.1, 0.15) is 5.82 Å². The zero-order valence-corrected chi connectivity index (χ0v) is 8.52. The van der Waals surface area contributed by atoms with Crippen LogP contribution in [0.4, 0.5) is 5.82 Å². The van der Waals surface area contributed by atoms with E-state index >= 15 is 0 Å². The lowest BCUT2D eigenvalue weighted by Crippen LogP contribution is -2.25. The molecule has 1 aromatic rings. The second kappa shape index (κ2) is 3.21. The molecule has 6 nitrogen and oxygen atoms in total. The molecule has 0 aliphatic rings. The molecule has 0 aromatic carbocycles. The molecule has 1 aromatic heterocycles. The smallest absolute Gasteiger partial charge is 0.175 e. The second-order valence-corrected chi connectivity index (χ2v) is 4.01. The van der Waals surface area contributed by atoms with Crippen molar-refractivity contribution in [3.63, 3.8) is 0 Å². The van der Waals surface area contributed by atoms with E-state index in [0.717, 1.165) is 0 Å². The van der Waals surface area contributed by atoms with E-state index in [1.54, 1.807) is 4.68 Å². The minimum absolute atomic E-state index is 0.0296. The molecule has 0 amide bonds. The number of nitrogens with zero attached hydrogens (tertiary/aromatic N) is 3. The molecule has 0 unspecified atom stereocenters. The molecule has 0 aliphatic heterocycles. The van der Waals surface area contributed by atoms with Crippen LogP contribution in [0.5, 0.6) is 0 Å². The fourth-order valence-corrected chi connectivity index (χ4v) is 1.14. The Hall–Kier alpha value is -1.72. The van der Waals surface area contributed by atoms with Crippen LogP contribution < -0.4 is 11.5 Å². The van der Waals surface area contributed by atoms with Crippen molar-refractivity contribution in [2.75, 3.05) is 5.73 Å². The number of hydrogen-bond donors (Lipinski definition) is 3. The van der Waals surface area contributed by atoms with Crippen molar-refractivity contribution in [1.82, 2.24) is 9.78 Å². The highest BCUT2D eigenvalue weighted by Gasteiger charge is 2.20. The van der Waals surface area contributed by atoms with Gasteiger partial charge in [0, 0.05) is 0 Å². The number of rotatable bonds is 1. The Kier molecular flexibility index (Phi) is 2.37. The molecule has 0 fully saturated rings. The van der Waals surface area contributed by atoms with E-state index in [9.17, 15) is 0 Å². The summed E-state index contributed by atoms with van der Waals surface area (Å²) < 4.78 is 1.63. The zero-order valence-electron chi connectivity index (χ0n) is 8.52. The van der Waals surface area contributed by atoms with E-state index in [-0.39, 0.29) is 11.4 Å². The van der Waals surface area contributed by atoms with Crippen molar-refractivity contribution in [2.45, 2.75) is 26.3 Å². The van der Waals surface area contributed by atoms with E-state index in [4.69, 9.17) is 16.7 Å². The molecule has 1 rings (SSSR count). The van der Waals surface area contributed by atoms with E-state index in [0.29, 0.717) is 11.4 Å². The summed E-state index contributed by atoms with van der Waals surface area (Å²) in [5, 5.41) is 15.4. The fraction of sp³-hybridized carbons (Fsp3) is 0.500. The van der Waals surface area contributed by atoms with Gasteiger partial charge in [-0.05, 0) is 20.8 Å². The summed E-state index contributed by atoms with van der Waals surface area (Å²) in [5.41, 5.74) is 11.4. The minimum Gasteiger partial charge on any atom is -0.409 e. The van der Waals surface area contributed by atoms with Crippen LogP contribution in [0.25, 0.3) is 0 Å². The third-order valence-electron chi connectivity index (χ3n) is 1.83. The number of amidine groups is 1. The minimum atomic E-state index is -0.224. The van der Waals surface area contributed by atoms with Crippen molar-refractivity contribution in [3.05, 3.63) is 11.8 Å². The number of anilines is 1. The summed E-state index contributed by atoms with van der Waals surface area (Å²) in [6.07, 6.45) is 1.48. The monoisotopic (exact) mass is 197 g/mol. The quantitative estimate of drug-likeness (QED) is 0.261. The van der Waals surface area contributed by atoms with Gasteiger partial charge < -0.3 is 16.7 Å². The molecule has 0 spiro atoms. The Labute approximate surface area is 82.2 Å². The Morgan fingerprint density at radius 2 is 2.14 bits per heavy atom. The lowest BCUT2D eigenvalue weighted by atomic mass is 10.1. The predicted octanol–water partition coefficient (Wildman–Crippen LogP) is 0.315. The molecule has 0 atom stereocenters. The summed E-state index contributed by atoms with van der Waals surface area (Å²) in [7, 11) is 0. The first-order valence-corrected chi connectivity index (χ1v) is 4.20. The van der Waals surface area contributed by atoms with Gasteiger partial charge in [-0.2, -0.15) is 5.10 Å². The molecule has 78 valence electrons. The van der Waals surface area contributed by atoms with Gasteiger partial charge in [-0.1, -0.05) is 5.16 Å². The molecule has 0 saturated carbocycles. The zero-order chi connectivity index (χ0) is 10.9. The van der Waals surface area contributed by atoms with Crippen molar-refractivity contribution >= 4 is 11.7 Å². The van der Waals surface area contributed by atoms with Crippen LogP contribution in [0.1, 0.15) is 26.3 Å². The van der Waals surface area contributed by atoms with Crippen LogP contribution in [0.3, 0.4) is 0 Å². The molecule has 14 heavy (non-hydrogen) atoms. The van der Waals surface area contributed by atoms with Crippen LogP contribution in [-0.4, -0.2) is 20.8 Å². The summed E-state index contributed by atoms with van der Waals surface area (Å²) in [4.78, 5) is 0. The van der Waals surface area contributed by atoms with Gasteiger partial charge in [0.25, 0.3) is 0 Å². The van der Waals surface area contributed by atoms with Gasteiger partial charge in [0.15, 0.2) is 5.84 Å². The second-order valence-electron chi connectivity index (χ2n) is 4.01. The summed E-state index contributed by atoms with van der Waals surface area (Å²) in [6.45, 7) is 5.89. The first kappa shape index (κ1) is 10.4. The average molecular weight is 197 g/mol. The number of hydrogen-bond acceptors (Lipinski definition) is 4. The highest BCUT2D eigenvalue weighted by atomic mass is 16.4. The molecule has 0 radical (unpaired) electrons. The van der Waals surface area contributed by atoms with Gasteiger partial charge in [-0.25, -0.2) is 4.68 Å². The van der Waals surface area contributed by atoms with E-state index in [2.05, 4.69) is 10.3 Å². The lowest BCUT2D eigenvalue weighted by Gasteiger charge is -2.20. The van der Waals surface area contributed by atoms with Crippen molar-refractivity contribution in [1.29, 1.82) is 0 Å². The molecule has 5 N–H and O–H groups in total. The third kappa shape index (κ3) is 1.63. The maximum absolute atomic E-state index is 8.50. The predicted molar refractivity (Wildman–Crippen MR) is 54.1 cm³/mol. The Morgan fingerprint density at radius 1 is 1.57 bits per heavy atom. The molecule has 0 aliphatic carbocycles. The SMILES string of the molecule is CC(C)(C)n1ncc(C(N)=NO)c1N. The summed E-state index contributed by atoms with van der Waals surface area (Å²) in [6, 6.07) is 0. The molecule has 0 saturated heterocycles. The van der Waals surface area contributed by atoms with E-state index in [1.807, 2.05) is 20.8 Å². The molecule has 6 heteroatoms. The Morgan fingerprint density at radius 3 is 2.50 bits per heavy atom. The van der Waals surface area contributed by atoms with Gasteiger partial charge in [0.05, 0.1) is 17.3 Å². The first-order valence-electron chi connectivity index (χ1n) is 4.20. The van der Waals surface area contributed by atoms with E-state index < -0.39 is 0 Å². The normalized spacial score (nSPS) is 13.2. The van der Waals surface area contributed by atoms with Gasteiger partial charge in [-0.15, -0.1) is 0 Å². The Bertz CT molecular complexity index is 360. The standard InChI is InChI=1S/C8H15N5O/c1-8(2,3)13-7(10)5(4-11-13)6(9)12-14/h4,14H,10H2,1-3H3,(H2,9,12). The Balaban J connectivity index is 3.22. The van der Waals surface area contributed by atoms with Crippen molar-refractivity contribution in [2.24, 2.45) is 10.9 Å². The first-order chi connectivity index (χ1) is 6.38. The van der Waals surface area contributed by atoms with Crippen molar-refractivity contribution < 1.29 is 5.21 Å². The maximum Gasteiger partial charge on any atom is 0.175 e. The lowest BCUT2D eigenvalue weighted by molar-refractivity contribution is 0.318. The van der Waals surface area contributed by atoms with Crippen LogP contribution >= 0.6 is 0 Å². The van der Waals surface area contributed by atoms with Crippen LogP contribution in [0.15, 0.2) is 11.4 Å². The van der Waals surface area contributed by atoms with E-state index in [1.165, 1.54) is 6.20 Å². The molecular formula is C8H15N5O. The average Bonchev–Trinajstić information content (AvgIpc) is 2.45. The third-order valence-corrected chi connectivity index (χ3v) is 1.83. The highest BCUT2D eigenvalue weighted by molar-refractivity contribution is 6.00. The van der Waals surface area contributed by atoms with Gasteiger partial charge >= 0.3 is 0 Å². The topological polar surface area (TPSA) is 102 Å². The number of nitrogens with two attached hydrogens (primary N) is 2. The largest absolute Gasteiger partial charge is 0.409 e. The van der Waals surface area contributed by atoms with Crippen LogP contribution in [0, 0.1) is 0 Å². The summed E-state index contributed by atoms with van der Waals surface area (Å²) in [5.74, 6) is 0.366. The van der Waals surface area contributed by atoms with Crippen LogP contribution in [0.2, 0.25) is 0 Å². The number of oxime groups is 1. The number of aromatic nitrogens is 2. The number of nitrogen functional groups attached to an aromatic ring is 1. The fourth-order valence-electron chi connectivity index (χ4n) is 1.14. The van der Waals surface area contributed by atoms with Gasteiger partial charge in [0.2, 0.25) is 0 Å². The summed E-state index contributed by atoms with van der Waals surface area (Å²) >= 11 is 0. The maximum atomic E-state index is 8.50. The van der Waals surface area contributed by atoms with Gasteiger partial charge in [-0.3, -0.25) is 0 Å².